The van der Waals surface area contributed by atoms with Crippen LogP contribution in [-0.4, -0.2) is 46.8 Å². The van der Waals surface area contributed by atoms with Crippen LogP contribution in [0.1, 0.15) is 43.2 Å². The van der Waals surface area contributed by atoms with Gasteiger partial charge in [-0.2, -0.15) is 5.26 Å². The Morgan fingerprint density at radius 1 is 1.35 bits per heavy atom. The number of nitriles is 1. The Bertz CT molecular complexity index is 1190. The number of aryl methyl sites for hydroxylation is 1. The van der Waals surface area contributed by atoms with Gasteiger partial charge in [-0.15, -0.1) is 11.3 Å². The SMILES string of the molecule is COCCn1c(=O)n(C2CC(C)(C)C2)c(=O)c2c(C)c(CN3CCN=C3NC#N)sc21. The van der Waals surface area contributed by atoms with Gasteiger partial charge in [0, 0.05) is 24.6 Å². The van der Waals surface area contributed by atoms with E-state index in [-0.39, 0.29) is 22.7 Å². The number of ether oxygens (including phenoxy) is 1. The second kappa shape index (κ2) is 8.13. The Balaban J connectivity index is 1.81. The summed E-state index contributed by atoms with van der Waals surface area (Å²) < 4.78 is 8.39. The molecule has 0 aromatic carbocycles. The highest BCUT2D eigenvalue weighted by molar-refractivity contribution is 7.18. The second-order valence-electron chi connectivity index (χ2n) is 9.02. The van der Waals surface area contributed by atoms with Crippen molar-refractivity contribution in [2.75, 3.05) is 26.8 Å². The van der Waals surface area contributed by atoms with Crippen molar-refractivity contribution in [3.63, 3.8) is 0 Å². The van der Waals surface area contributed by atoms with Gasteiger partial charge in [0.2, 0.25) is 5.96 Å². The molecule has 0 unspecified atom stereocenters. The number of nitrogens with one attached hydrogen (secondary N) is 1. The van der Waals surface area contributed by atoms with Gasteiger partial charge in [-0.3, -0.25) is 24.2 Å². The summed E-state index contributed by atoms with van der Waals surface area (Å²) in [7, 11) is 1.61. The van der Waals surface area contributed by atoms with Gasteiger partial charge in [0.1, 0.15) is 4.83 Å². The van der Waals surface area contributed by atoms with Crippen molar-refractivity contribution in [1.29, 1.82) is 5.26 Å². The number of aromatic nitrogens is 2. The molecular weight excluding hydrogens is 416 g/mol. The van der Waals surface area contributed by atoms with E-state index in [1.54, 1.807) is 11.7 Å². The minimum Gasteiger partial charge on any atom is -0.383 e. The van der Waals surface area contributed by atoms with Crippen LogP contribution in [0.25, 0.3) is 10.2 Å². The van der Waals surface area contributed by atoms with E-state index in [0.29, 0.717) is 49.0 Å². The lowest BCUT2D eigenvalue weighted by atomic mass is 9.68. The highest BCUT2D eigenvalue weighted by atomic mass is 32.1. The van der Waals surface area contributed by atoms with Crippen LogP contribution < -0.4 is 16.6 Å². The summed E-state index contributed by atoms with van der Waals surface area (Å²) in [5.41, 5.74) is 0.598. The van der Waals surface area contributed by atoms with Gasteiger partial charge >= 0.3 is 5.69 Å². The second-order valence-corrected chi connectivity index (χ2v) is 10.1. The van der Waals surface area contributed by atoms with E-state index in [2.05, 4.69) is 24.2 Å². The van der Waals surface area contributed by atoms with Gasteiger partial charge in [-0.1, -0.05) is 13.8 Å². The van der Waals surface area contributed by atoms with Gasteiger partial charge in [0.15, 0.2) is 6.19 Å². The van der Waals surface area contributed by atoms with Crippen molar-refractivity contribution in [3.8, 4) is 6.19 Å². The van der Waals surface area contributed by atoms with Crippen molar-refractivity contribution in [2.24, 2.45) is 10.4 Å². The Kier molecular flexibility index (Phi) is 5.66. The molecule has 0 atom stereocenters. The monoisotopic (exact) mass is 444 g/mol. The van der Waals surface area contributed by atoms with E-state index in [0.717, 1.165) is 23.3 Å². The molecule has 1 aliphatic carbocycles. The number of thiophene rings is 1. The minimum absolute atomic E-state index is 0.0620. The van der Waals surface area contributed by atoms with Crippen LogP contribution >= 0.6 is 11.3 Å². The standard InChI is InChI=1S/C21H28N6O3S/c1-13-15(11-25-6-5-23-19(25)24-12-22)31-18-16(13)17(28)27(14-9-21(2,3)10-14)20(29)26(18)7-8-30-4/h14H,5-11H2,1-4H3,(H,23,24). The molecule has 2 aromatic heterocycles. The zero-order valence-corrected chi connectivity index (χ0v) is 19.2. The maximum atomic E-state index is 13.5. The molecule has 31 heavy (non-hydrogen) atoms. The lowest BCUT2D eigenvalue weighted by Gasteiger charge is -2.43. The van der Waals surface area contributed by atoms with Crippen LogP contribution in [0.5, 0.6) is 0 Å². The van der Waals surface area contributed by atoms with Crippen LogP contribution in [0.3, 0.4) is 0 Å². The Hall–Kier alpha value is -2.64. The normalized spacial score (nSPS) is 18.2. The summed E-state index contributed by atoms with van der Waals surface area (Å²) >= 11 is 1.47. The van der Waals surface area contributed by atoms with Crippen molar-refractivity contribution in [2.45, 2.75) is 52.7 Å². The minimum atomic E-state index is -0.252. The van der Waals surface area contributed by atoms with Crippen LogP contribution in [0.15, 0.2) is 14.6 Å². The van der Waals surface area contributed by atoms with Crippen molar-refractivity contribution >= 4 is 27.5 Å². The van der Waals surface area contributed by atoms with E-state index in [4.69, 9.17) is 10.00 Å². The molecular formula is C21H28N6O3S. The molecule has 0 radical (unpaired) electrons. The summed E-state index contributed by atoms with van der Waals surface area (Å²) in [6.45, 7) is 8.92. The molecule has 0 spiro atoms. The lowest BCUT2D eigenvalue weighted by molar-refractivity contribution is 0.0967. The van der Waals surface area contributed by atoms with Gasteiger partial charge < -0.3 is 9.64 Å². The van der Waals surface area contributed by atoms with E-state index in [1.165, 1.54) is 15.9 Å². The van der Waals surface area contributed by atoms with Crippen molar-refractivity contribution < 1.29 is 4.74 Å². The molecule has 1 fully saturated rings. The maximum absolute atomic E-state index is 13.5. The fourth-order valence-electron chi connectivity index (χ4n) is 4.64. The smallest absolute Gasteiger partial charge is 0.332 e. The fraction of sp³-hybridized carbons (Fsp3) is 0.619. The highest BCUT2D eigenvalue weighted by Crippen LogP contribution is 2.46. The van der Waals surface area contributed by atoms with Gasteiger partial charge in [-0.05, 0) is 30.7 Å². The summed E-state index contributed by atoms with van der Waals surface area (Å²) in [4.78, 5) is 34.9. The van der Waals surface area contributed by atoms with Crippen molar-refractivity contribution in [3.05, 3.63) is 31.3 Å². The van der Waals surface area contributed by atoms with Crippen LogP contribution in [0.4, 0.5) is 0 Å². The average Bonchev–Trinajstić information content (AvgIpc) is 3.25. The molecule has 2 aromatic rings. The average molecular weight is 445 g/mol. The van der Waals surface area contributed by atoms with Crippen LogP contribution in [-0.2, 0) is 17.8 Å². The number of aliphatic imine (C=N–C) groups is 1. The molecule has 3 heterocycles. The first-order valence-electron chi connectivity index (χ1n) is 10.5. The quantitative estimate of drug-likeness (QED) is 0.538. The molecule has 1 N–H and O–H groups in total. The number of methoxy groups -OCH3 is 1. The van der Waals surface area contributed by atoms with E-state index < -0.39 is 0 Å². The largest absolute Gasteiger partial charge is 0.383 e. The topological polar surface area (TPSA) is 105 Å². The van der Waals surface area contributed by atoms with Crippen LogP contribution in [0.2, 0.25) is 0 Å². The fourth-order valence-corrected chi connectivity index (χ4v) is 5.97. The predicted octanol–water partition coefficient (Wildman–Crippen LogP) is 1.78. The zero-order chi connectivity index (χ0) is 22.3. The number of nitrogens with zero attached hydrogens (tertiary/aromatic N) is 5. The van der Waals surface area contributed by atoms with Gasteiger partial charge in [-0.25, -0.2) is 4.79 Å². The molecule has 4 rings (SSSR count). The molecule has 10 heteroatoms. The zero-order valence-electron chi connectivity index (χ0n) is 18.4. The van der Waals surface area contributed by atoms with E-state index >= 15 is 0 Å². The first-order valence-corrected chi connectivity index (χ1v) is 11.3. The van der Waals surface area contributed by atoms with E-state index in [9.17, 15) is 9.59 Å². The third kappa shape index (κ3) is 3.77. The number of hydrogen-bond donors (Lipinski definition) is 1. The first-order chi connectivity index (χ1) is 14.8. The third-order valence-electron chi connectivity index (χ3n) is 6.24. The molecule has 0 saturated heterocycles. The lowest BCUT2D eigenvalue weighted by Crippen LogP contribution is -2.48. The van der Waals surface area contributed by atoms with Crippen molar-refractivity contribution in [1.82, 2.24) is 19.4 Å². The van der Waals surface area contributed by atoms with Gasteiger partial charge in [0.05, 0.1) is 31.6 Å². The molecule has 1 aliphatic heterocycles. The number of fused-ring (bicyclic) bond motifs is 1. The highest BCUT2D eigenvalue weighted by Gasteiger charge is 2.39. The molecule has 0 bridgehead atoms. The maximum Gasteiger partial charge on any atom is 0.332 e. The number of rotatable bonds is 6. The molecule has 1 saturated carbocycles. The van der Waals surface area contributed by atoms with E-state index in [1.807, 2.05) is 18.0 Å². The Labute approximate surface area is 184 Å². The summed E-state index contributed by atoms with van der Waals surface area (Å²) in [5, 5.41) is 12.2. The number of hydrogen-bond acceptors (Lipinski definition) is 8. The molecule has 0 amide bonds. The Morgan fingerprint density at radius 2 is 2.10 bits per heavy atom. The predicted molar refractivity (Wildman–Crippen MR) is 120 cm³/mol. The summed E-state index contributed by atoms with van der Waals surface area (Å²) in [5.74, 6) is 0.547. The van der Waals surface area contributed by atoms with Crippen LogP contribution in [0, 0.1) is 23.8 Å². The molecule has 9 nitrogen and oxygen atoms in total. The third-order valence-corrected chi connectivity index (χ3v) is 7.54. The number of guanidine groups is 1. The summed E-state index contributed by atoms with van der Waals surface area (Å²) in [6.07, 6.45) is 3.56. The first kappa shape index (κ1) is 21.6. The summed E-state index contributed by atoms with van der Waals surface area (Å²) in [6, 6.07) is -0.0620. The van der Waals surface area contributed by atoms with Gasteiger partial charge in [0.25, 0.3) is 5.56 Å². The Morgan fingerprint density at radius 3 is 2.74 bits per heavy atom. The molecule has 166 valence electrons. The molecule has 2 aliphatic rings.